The molecule has 0 bridgehead atoms. The predicted molar refractivity (Wildman–Crippen MR) is 154 cm³/mol. The minimum atomic E-state index is -0.361. The molecule has 2 aliphatic heterocycles. The molecule has 0 radical (unpaired) electrons. The van der Waals surface area contributed by atoms with Crippen molar-refractivity contribution in [1.82, 2.24) is 10.2 Å². The molecule has 0 saturated carbocycles. The number of piperazine rings is 1. The fourth-order valence-corrected chi connectivity index (χ4v) is 5.42. The van der Waals surface area contributed by atoms with E-state index in [1.54, 1.807) is 6.92 Å². The Morgan fingerprint density at radius 2 is 1.67 bits per heavy atom. The van der Waals surface area contributed by atoms with Crippen molar-refractivity contribution >= 4 is 29.0 Å². The van der Waals surface area contributed by atoms with Crippen LogP contribution >= 0.6 is 0 Å². The highest BCUT2D eigenvalue weighted by Crippen LogP contribution is 2.33. The minimum Gasteiger partial charge on any atom is -0.369 e. The van der Waals surface area contributed by atoms with Crippen LogP contribution in [0.5, 0.6) is 0 Å². The molecular formula is C32H36N4O3. The third kappa shape index (κ3) is 6.73. The van der Waals surface area contributed by atoms with E-state index in [0.717, 1.165) is 67.2 Å². The quantitative estimate of drug-likeness (QED) is 0.428. The Labute approximate surface area is 230 Å². The fourth-order valence-electron chi connectivity index (χ4n) is 5.42. The van der Waals surface area contributed by atoms with Crippen LogP contribution in [0.4, 0.5) is 11.4 Å². The average molecular weight is 525 g/mol. The van der Waals surface area contributed by atoms with E-state index in [4.69, 9.17) is 0 Å². The Balaban J connectivity index is 1.19. The molecule has 39 heavy (non-hydrogen) atoms. The number of benzene rings is 3. The van der Waals surface area contributed by atoms with Gasteiger partial charge in [-0.1, -0.05) is 42.5 Å². The van der Waals surface area contributed by atoms with E-state index in [2.05, 4.69) is 32.6 Å². The van der Waals surface area contributed by atoms with Crippen LogP contribution in [0.15, 0.2) is 72.8 Å². The van der Waals surface area contributed by atoms with Gasteiger partial charge in [0, 0.05) is 62.6 Å². The van der Waals surface area contributed by atoms with Gasteiger partial charge < -0.3 is 15.5 Å². The number of ketones is 1. The number of hydrogen-bond donors (Lipinski definition) is 2. The maximum Gasteiger partial charge on any atom is 0.227 e. The molecule has 202 valence electrons. The highest BCUT2D eigenvalue weighted by Gasteiger charge is 2.28. The van der Waals surface area contributed by atoms with Crippen molar-refractivity contribution in [3.63, 3.8) is 0 Å². The van der Waals surface area contributed by atoms with E-state index in [0.29, 0.717) is 19.4 Å². The molecule has 2 N–H and O–H groups in total. The second kappa shape index (κ2) is 12.3. The van der Waals surface area contributed by atoms with Crippen LogP contribution in [0.1, 0.15) is 52.7 Å². The maximum absolute atomic E-state index is 13.2. The number of hydrogen-bond acceptors (Lipinski definition) is 5. The lowest BCUT2D eigenvalue weighted by molar-refractivity contribution is -0.123. The second-order valence-electron chi connectivity index (χ2n) is 10.4. The first kappa shape index (κ1) is 26.6. The summed E-state index contributed by atoms with van der Waals surface area (Å²) in [5.41, 5.74) is 5.77. The molecule has 1 unspecified atom stereocenters. The topological polar surface area (TPSA) is 81.8 Å². The Kier molecular flexibility index (Phi) is 8.37. The van der Waals surface area contributed by atoms with Gasteiger partial charge in [-0.25, -0.2) is 0 Å². The van der Waals surface area contributed by atoms with Gasteiger partial charge in [0.25, 0.3) is 0 Å². The molecule has 2 heterocycles. The highest BCUT2D eigenvalue weighted by atomic mass is 16.2. The molecule has 2 aliphatic rings. The fraction of sp³-hybridized carbons (Fsp3) is 0.344. The first-order valence-corrected chi connectivity index (χ1v) is 13.8. The summed E-state index contributed by atoms with van der Waals surface area (Å²) in [7, 11) is 0. The Hall–Kier alpha value is -3.97. The van der Waals surface area contributed by atoms with Crippen LogP contribution in [0.2, 0.25) is 0 Å². The second-order valence-corrected chi connectivity index (χ2v) is 10.4. The summed E-state index contributed by atoms with van der Waals surface area (Å²) < 4.78 is 0. The molecular weight excluding hydrogens is 488 g/mol. The first-order valence-electron chi connectivity index (χ1n) is 13.8. The standard InChI is InChI=1S/C32H36N4O3/c1-23(37)26-8-10-27(11-9-26)36-19-17-35(18-20-36)16-15-24-7-13-30-29(21-24)28(12-14-31(38)34-30)32(39)33-22-25-5-3-2-4-6-25/h2-11,13,21,28H,12,14-20,22H2,1H3,(H,33,39)(H,34,38). The summed E-state index contributed by atoms with van der Waals surface area (Å²) >= 11 is 0. The smallest absolute Gasteiger partial charge is 0.227 e. The third-order valence-electron chi connectivity index (χ3n) is 7.78. The molecule has 1 atom stereocenters. The summed E-state index contributed by atoms with van der Waals surface area (Å²) in [5, 5.41) is 6.06. The van der Waals surface area contributed by atoms with Crippen LogP contribution in [0, 0.1) is 0 Å². The molecule has 3 aromatic rings. The van der Waals surface area contributed by atoms with E-state index in [-0.39, 0.29) is 23.5 Å². The molecule has 2 amide bonds. The zero-order valence-electron chi connectivity index (χ0n) is 22.5. The number of anilines is 2. The number of Topliss-reactive ketones (excluding diaryl/α,β-unsaturated/α-hetero) is 1. The lowest BCUT2D eigenvalue weighted by Crippen LogP contribution is -2.47. The Bertz CT molecular complexity index is 1320. The number of fused-ring (bicyclic) bond motifs is 1. The SMILES string of the molecule is CC(=O)c1ccc(N2CCN(CCc3ccc4c(c3)C(C(=O)NCc3ccccc3)CCC(=O)N4)CC2)cc1. The van der Waals surface area contributed by atoms with Crippen LogP contribution in [-0.4, -0.2) is 55.2 Å². The lowest BCUT2D eigenvalue weighted by atomic mass is 9.91. The number of rotatable bonds is 8. The third-order valence-corrected chi connectivity index (χ3v) is 7.78. The zero-order chi connectivity index (χ0) is 27.2. The van der Waals surface area contributed by atoms with Crippen molar-refractivity contribution in [2.24, 2.45) is 0 Å². The van der Waals surface area contributed by atoms with Crippen LogP contribution < -0.4 is 15.5 Å². The lowest BCUT2D eigenvalue weighted by Gasteiger charge is -2.36. The molecule has 0 aliphatic carbocycles. The molecule has 7 heteroatoms. The van der Waals surface area contributed by atoms with Crippen LogP contribution in [0.25, 0.3) is 0 Å². The average Bonchev–Trinajstić information content (AvgIpc) is 3.13. The Morgan fingerprint density at radius 1 is 0.923 bits per heavy atom. The highest BCUT2D eigenvalue weighted by molar-refractivity contribution is 5.96. The van der Waals surface area contributed by atoms with E-state index >= 15 is 0 Å². The van der Waals surface area contributed by atoms with Crippen LogP contribution in [-0.2, 0) is 22.6 Å². The van der Waals surface area contributed by atoms with Gasteiger partial charge in [-0.05, 0) is 66.8 Å². The summed E-state index contributed by atoms with van der Waals surface area (Å²) in [4.78, 5) is 41.9. The van der Waals surface area contributed by atoms with Crippen molar-refractivity contribution in [2.45, 2.75) is 38.6 Å². The first-order chi connectivity index (χ1) is 19.0. The molecule has 5 rings (SSSR count). The van der Waals surface area contributed by atoms with Gasteiger partial charge in [0.15, 0.2) is 5.78 Å². The minimum absolute atomic E-state index is 0.0405. The number of carbonyl (C=O) groups is 3. The van der Waals surface area contributed by atoms with E-state index < -0.39 is 0 Å². The summed E-state index contributed by atoms with van der Waals surface area (Å²) in [6.45, 7) is 6.83. The molecule has 0 aromatic heterocycles. The van der Waals surface area contributed by atoms with Crippen molar-refractivity contribution in [3.8, 4) is 0 Å². The van der Waals surface area contributed by atoms with Gasteiger partial charge in [-0.2, -0.15) is 0 Å². The monoisotopic (exact) mass is 524 g/mol. The largest absolute Gasteiger partial charge is 0.369 e. The van der Waals surface area contributed by atoms with Gasteiger partial charge >= 0.3 is 0 Å². The van der Waals surface area contributed by atoms with Crippen molar-refractivity contribution < 1.29 is 14.4 Å². The number of nitrogens with one attached hydrogen (secondary N) is 2. The van der Waals surface area contributed by atoms with Gasteiger partial charge in [-0.15, -0.1) is 0 Å². The normalized spacial score (nSPS) is 17.6. The van der Waals surface area contributed by atoms with Crippen LogP contribution in [0.3, 0.4) is 0 Å². The number of amides is 2. The van der Waals surface area contributed by atoms with E-state index in [1.807, 2.05) is 60.7 Å². The summed E-state index contributed by atoms with van der Waals surface area (Å²) in [6, 6.07) is 23.9. The predicted octanol–water partition coefficient (Wildman–Crippen LogP) is 4.39. The van der Waals surface area contributed by atoms with Gasteiger partial charge in [0.1, 0.15) is 0 Å². The van der Waals surface area contributed by atoms with Crippen molar-refractivity contribution in [1.29, 1.82) is 0 Å². The van der Waals surface area contributed by atoms with Gasteiger partial charge in [0.2, 0.25) is 11.8 Å². The van der Waals surface area contributed by atoms with E-state index in [1.165, 1.54) is 5.56 Å². The zero-order valence-corrected chi connectivity index (χ0v) is 22.5. The summed E-state index contributed by atoms with van der Waals surface area (Å²) in [6.07, 6.45) is 1.71. The van der Waals surface area contributed by atoms with Gasteiger partial charge in [-0.3, -0.25) is 19.3 Å². The molecule has 1 saturated heterocycles. The molecule has 0 spiro atoms. The molecule has 3 aromatic carbocycles. The maximum atomic E-state index is 13.2. The van der Waals surface area contributed by atoms with Crippen molar-refractivity contribution in [2.75, 3.05) is 42.9 Å². The van der Waals surface area contributed by atoms with Gasteiger partial charge in [0.05, 0.1) is 5.92 Å². The Morgan fingerprint density at radius 3 is 2.38 bits per heavy atom. The summed E-state index contributed by atoms with van der Waals surface area (Å²) in [5.74, 6) is -0.358. The number of nitrogens with zero attached hydrogens (tertiary/aromatic N) is 2. The van der Waals surface area contributed by atoms with E-state index in [9.17, 15) is 14.4 Å². The molecule has 1 fully saturated rings. The molecule has 7 nitrogen and oxygen atoms in total. The van der Waals surface area contributed by atoms with Crippen molar-refractivity contribution in [3.05, 3.63) is 95.1 Å². The number of carbonyl (C=O) groups excluding carboxylic acids is 3.